The number of fused-ring (bicyclic) bond motifs is 1. The zero-order chi connectivity index (χ0) is 22.0. The quantitative estimate of drug-likeness (QED) is 0.556. The molecule has 3 aromatic rings. The normalized spacial score (nSPS) is 15.3. The van der Waals surface area contributed by atoms with Gasteiger partial charge in [-0.2, -0.15) is 5.10 Å². The van der Waals surface area contributed by atoms with E-state index in [4.69, 9.17) is 14.2 Å². The molecule has 162 valence electrons. The van der Waals surface area contributed by atoms with Crippen molar-refractivity contribution in [2.45, 2.75) is 12.5 Å². The standard InChI is InChI=1S/C23H24FN3O4/c1-29-12-4-11-27-22(15-7-10-17(30-2)18(13-15)31-3)19-20(25-26-21(19)23(27)28)14-5-8-16(24)9-6-14/h5-10,13,22H,4,11-12H2,1-3H3,(H,25,26). The minimum atomic E-state index is -0.377. The average Bonchev–Trinajstić information content (AvgIpc) is 3.33. The van der Waals surface area contributed by atoms with Gasteiger partial charge in [-0.25, -0.2) is 4.39 Å². The van der Waals surface area contributed by atoms with Crippen LogP contribution >= 0.6 is 0 Å². The lowest BCUT2D eigenvalue weighted by atomic mass is 9.95. The zero-order valence-corrected chi connectivity index (χ0v) is 17.6. The third-order valence-electron chi connectivity index (χ3n) is 5.45. The van der Waals surface area contributed by atoms with Gasteiger partial charge in [0, 0.05) is 31.4 Å². The van der Waals surface area contributed by atoms with Crippen molar-refractivity contribution in [2.75, 3.05) is 34.5 Å². The number of carbonyl (C=O) groups excluding carboxylic acids is 1. The van der Waals surface area contributed by atoms with Gasteiger partial charge >= 0.3 is 0 Å². The number of hydrogen-bond acceptors (Lipinski definition) is 5. The fourth-order valence-corrected chi connectivity index (χ4v) is 4.00. The summed E-state index contributed by atoms with van der Waals surface area (Å²) in [5.74, 6) is 0.716. The second-order valence-corrected chi connectivity index (χ2v) is 7.23. The lowest BCUT2D eigenvalue weighted by molar-refractivity contribution is 0.0723. The number of carbonyl (C=O) groups is 1. The number of nitrogens with zero attached hydrogens (tertiary/aromatic N) is 2. The molecule has 0 radical (unpaired) electrons. The molecule has 1 aliphatic rings. The van der Waals surface area contributed by atoms with E-state index in [1.165, 1.54) is 12.1 Å². The van der Waals surface area contributed by atoms with Crippen LogP contribution in [0.2, 0.25) is 0 Å². The number of halogens is 1. The van der Waals surface area contributed by atoms with Crippen molar-refractivity contribution in [1.82, 2.24) is 15.1 Å². The molecule has 0 bridgehead atoms. The molecule has 1 N–H and O–H groups in total. The van der Waals surface area contributed by atoms with Crippen molar-refractivity contribution in [2.24, 2.45) is 0 Å². The zero-order valence-electron chi connectivity index (χ0n) is 17.6. The summed E-state index contributed by atoms with van der Waals surface area (Å²) < 4.78 is 29.5. The maximum atomic E-state index is 13.5. The van der Waals surface area contributed by atoms with Crippen molar-refractivity contribution in [3.05, 3.63) is 65.1 Å². The topological polar surface area (TPSA) is 76.7 Å². The molecule has 0 saturated heterocycles. The van der Waals surface area contributed by atoms with E-state index in [-0.39, 0.29) is 17.8 Å². The van der Waals surface area contributed by atoms with Crippen molar-refractivity contribution in [3.63, 3.8) is 0 Å². The van der Waals surface area contributed by atoms with E-state index < -0.39 is 0 Å². The maximum Gasteiger partial charge on any atom is 0.273 e. The molecule has 2 heterocycles. The molecule has 7 nitrogen and oxygen atoms in total. The summed E-state index contributed by atoms with van der Waals surface area (Å²) in [6.45, 7) is 1.05. The van der Waals surface area contributed by atoms with Gasteiger partial charge in [-0.3, -0.25) is 9.89 Å². The van der Waals surface area contributed by atoms with E-state index >= 15 is 0 Å². The molecule has 1 aromatic heterocycles. The monoisotopic (exact) mass is 425 g/mol. The molecule has 8 heteroatoms. The summed E-state index contributed by atoms with van der Waals surface area (Å²) in [5, 5.41) is 7.29. The second-order valence-electron chi connectivity index (χ2n) is 7.23. The summed E-state index contributed by atoms with van der Waals surface area (Å²) >= 11 is 0. The molecular weight excluding hydrogens is 401 g/mol. The molecule has 2 aromatic carbocycles. The highest BCUT2D eigenvalue weighted by Gasteiger charge is 2.42. The highest BCUT2D eigenvalue weighted by molar-refractivity contribution is 6.00. The fraction of sp³-hybridized carbons (Fsp3) is 0.304. The molecule has 1 amide bonds. The van der Waals surface area contributed by atoms with Gasteiger partial charge in [0.15, 0.2) is 11.5 Å². The number of hydrogen-bond donors (Lipinski definition) is 1. The Bertz CT molecular complexity index is 1080. The first-order chi connectivity index (χ1) is 15.1. The summed E-state index contributed by atoms with van der Waals surface area (Å²) in [7, 11) is 4.79. The van der Waals surface area contributed by atoms with Gasteiger partial charge in [0.2, 0.25) is 0 Å². The van der Waals surface area contributed by atoms with E-state index in [1.807, 2.05) is 18.2 Å². The van der Waals surface area contributed by atoms with E-state index in [2.05, 4.69) is 10.2 Å². The van der Waals surface area contributed by atoms with Gasteiger partial charge in [-0.05, 0) is 48.4 Å². The van der Waals surface area contributed by atoms with Crippen LogP contribution in [-0.4, -0.2) is 55.5 Å². The van der Waals surface area contributed by atoms with Gasteiger partial charge in [-0.15, -0.1) is 0 Å². The first-order valence-corrected chi connectivity index (χ1v) is 9.95. The summed E-state index contributed by atoms with van der Waals surface area (Å²) in [5.41, 5.74) is 3.43. The third-order valence-corrected chi connectivity index (χ3v) is 5.45. The van der Waals surface area contributed by atoms with Crippen LogP contribution in [0.25, 0.3) is 11.3 Å². The molecule has 31 heavy (non-hydrogen) atoms. The number of nitrogens with one attached hydrogen (secondary N) is 1. The number of amides is 1. The van der Waals surface area contributed by atoms with Gasteiger partial charge in [0.05, 0.1) is 26.0 Å². The lowest BCUT2D eigenvalue weighted by Crippen LogP contribution is -2.31. The Balaban J connectivity index is 1.83. The number of benzene rings is 2. The SMILES string of the molecule is COCCCN1C(=O)c2[nH]nc(-c3ccc(F)cc3)c2C1c1ccc(OC)c(OC)c1. The molecule has 1 aliphatic heterocycles. The fourth-order valence-electron chi connectivity index (χ4n) is 4.00. The van der Waals surface area contributed by atoms with Gasteiger partial charge in [0.25, 0.3) is 5.91 Å². The van der Waals surface area contributed by atoms with Crippen LogP contribution in [0.15, 0.2) is 42.5 Å². The van der Waals surface area contributed by atoms with E-state index in [0.717, 1.165) is 16.7 Å². The number of rotatable bonds is 8. The molecule has 0 saturated carbocycles. The van der Waals surface area contributed by atoms with Gasteiger partial charge < -0.3 is 19.1 Å². The Labute approximate surface area is 179 Å². The van der Waals surface area contributed by atoms with Crippen molar-refractivity contribution >= 4 is 5.91 Å². The first kappa shape index (κ1) is 20.9. The number of methoxy groups -OCH3 is 3. The third kappa shape index (κ3) is 3.74. The van der Waals surface area contributed by atoms with Crippen LogP contribution in [-0.2, 0) is 4.74 Å². The highest BCUT2D eigenvalue weighted by Crippen LogP contribution is 2.44. The van der Waals surface area contributed by atoms with Gasteiger partial charge in [-0.1, -0.05) is 6.07 Å². The lowest BCUT2D eigenvalue weighted by Gasteiger charge is -2.27. The number of aromatic amines is 1. The summed E-state index contributed by atoms with van der Waals surface area (Å²) in [4.78, 5) is 15.1. The number of ether oxygens (including phenoxy) is 3. The number of aromatic nitrogens is 2. The predicted molar refractivity (Wildman–Crippen MR) is 113 cm³/mol. The Morgan fingerprint density at radius 2 is 1.81 bits per heavy atom. The van der Waals surface area contributed by atoms with E-state index in [0.29, 0.717) is 42.5 Å². The predicted octanol–water partition coefficient (Wildman–Crippen LogP) is 3.81. The molecule has 0 aliphatic carbocycles. The van der Waals surface area contributed by atoms with Crippen LogP contribution in [0.5, 0.6) is 11.5 Å². The largest absolute Gasteiger partial charge is 0.493 e. The van der Waals surface area contributed by atoms with Crippen LogP contribution in [0.1, 0.15) is 34.1 Å². The average molecular weight is 425 g/mol. The Hall–Kier alpha value is -3.39. The summed E-state index contributed by atoms with van der Waals surface area (Å²) in [6, 6.07) is 11.3. The molecular formula is C23H24FN3O4. The Morgan fingerprint density at radius 3 is 2.48 bits per heavy atom. The van der Waals surface area contributed by atoms with Crippen LogP contribution in [0.3, 0.4) is 0 Å². The molecule has 1 unspecified atom stereocenters. The molecule has 4 rings (SSSR count). The van der Waals surface area contributed by atoms with E-state index in [9.17, 15) is 9.18 Å². The van der Waals surface area contributed by atoms with Crippen molar-refractivity contribution in [1.29, 1.82) is 0 Å². The first-order valence-electron chi connectivity index (χ1n) is 9.95. The Kier molecular flexibility index (Phi) is 5.90. The minimum Gasteiger partial charge on any atom is -0.493 e. The van der Waals surface area contributed by atoms with Gasteiger partial charge in [0.1, 0.15) is 11.5 Å². The number of H-pyrrole nitrogens is 1. The van der Waals surface area contributed by atoms with Crippen molar-refractivity contribution < 1.29 is 23.4 Å². The molecule has 0 fully saturated rings. The van der Waals surface area contributed by atoms with Crippen LogP contribution < -0.4 is 9.47 Å². The Morgan fingerprint density at radius 1 is 1.06 bits per heavy atom. The minimum absolute atomic E-state index is 0.133. The van der Waals surface area contributed by atoms with Crippen molar-refractivity contribution in [3.8, 4) is 22.8 Å². The smallest absolute Gasteiger partial charge is 0.273 e. The van der Waals surface area contributed by atoms with Crippen LogP contribution in [0, 0.1) is 5.82 Å². The highest BCUT2D eigenvalue weighted by atomic mass is 19.1. The van der Waals surface area contributed by atoms with E-state index in [1.54, 1.807) is 38.4 Å². The molecule has 1 atom stereocenters. The second kappa shape index (κ2) is 8.77. The molecule has 0 spiro atoms. The maximum absolute atomic E-state index is 13.5. The summed E-state index contributed by atoms with van der Waals surface area (Å²) in [6.07, 6.45) is 0.690. The van der Waals surface area contributed by atoms with Crippen LogP contribution in [0.4, 0.5) is 4.39 Å².